The molecule has 8 nitrogen and oxygen atoms in total. The van der Waals surface area contributed by atoms with Gasteiger partial charge in [0, 0.05) is 18.8 Å². The Balaban J connectivity index is 2.32. The molecule has 1 amide bonds. The number of primary amides is 1. The van der Waals surface area contributed by atoms with Gasteiger partial charge in [0.2, 0.25) is 15.9 Å². The Bertz CT molecular complexity index is 666. The predicted molar refractivity (Wildman–Crippen MR) is 73.0 cm³/mol. The van der Waals surface area contributed by atoms with Crippen LogP contribution in [-0.2, 0) is 14.8 Å². The van der Waals surface area contributed by atoms with Gasteiger partial charge in [0.15, 0.2) is 0 Å². The van der Waals surface area contributed by atoms with Gasteiger partial charge in [0.1, 0.15) is 10.6 Å². The van der Waals surface area contributed by atoms with Gasteiger partial charge in [0.25, 0.3) is 0 Å². The van der Waals surface area contributed by atoms with Crippen molar-refractivity contribution in [3.63, 3.8) is 0 Å². The number of aromatic nitrogens is 1. The number of hydrogen-bond acceptors (Lipinski definition) is 4. The number of hydrogen-bond donors (Lipinski definition) is 3. The first-order valence-corrected chi connectivity index (χ1v) is 7.90. The van der Waals surface area contributed by atoms with Crippen molar-refractivity contribution in [1.29, 1.82) is 0 Å². The highest BCUT2D eigenvalue weighted by molar-refractivity contribution is 7.89. The molecular weight excluding hydrogens is 298 g/mol. The highest BCUT2D eigenvalue weighted by Gasteiger charge is 2.37. The maximum absolute atomic E-state index is 12.6. The van der Waals surface area contributed by atoms with Crippen molar-refractivity contribution >= 4 is 21.9 Å². The predicted octanol–water partition coefficient (Wildman–Crippen LogP) is -0.0126. The Morgan fingerprint density at radius 2 is 2.10 bits per heavy atom. The Morgan fingerprint density at radius 1 is 1.43 bits per heavy atom. The molecule has 116 valence electrons. The molecule has 1 saturated heterocycles. The Kier molecular flexibility index (Phi) is 4.06. The van der Waals surface area contributed by atoms with E-state index >= 15 is 0 Å². The van der Waals surface area contributed by atoms with Crippen molar-refractivity contribution in [2.75, 3.05) is 6.54 Å². The third-order valence-electron chi connectivity index (χ3n) is 3.72. The number of aromatic amines is 1. The van der Waals surface area contributed by atoms with E-state index in [1.807, 2.05) is 0 Å². The van der Waals surface area contributed by atoms with Crippen LogP contribution < -0.4 is 5.73 Å². The van der Waals surface area contributed by atoms with Crippen molar-refractivity contribution in [2.45, 2.75) is 30.7 Å². The average Bonchev–Trinajstić information content (AvgIpc) is 2.89. The SMILES string of the molecule is CC1CCC(C(N)=O)CN1S(=O)(=O)c1c[nH]c(C(=O)O)c1. The summed E-state index contributed by atoms with van der Waals surface area (Å²) in [4.78, 5) is 24.4. The number of rotatable bonds is 4. The first-order valence-electron chi connectivity index (χ1n) is 6.46. The Morgan fingerprint density at radius 3 is 2.62 bits per heavy atom. The summed E-state index contributed by atoms with van der Waals surface area (Å²) < 4.78 is 26.3. The minimum Gasteiger partial charge on any atom is -0.477 e. The molecule has 2 rings (SSSR count). The molecule has 0 spiro atoms. The average molecular weight is 315 g/mol. The smallest absolute Gasteiger partial charge is 0.352 e. The van der Waals surface area contributed by atoms with Crippen LogP contribution in [0.1, 0.15) is 30.3 Å². The van der Waals surface area contributed by atoms with Gasteiger partial charge < -0.3 is 15.8 Å². The lowest BCUT2D eigenvalue weighted by atomic mass is 9.95. The largest absolute Gasteiger partial charge is 0.477 e. The topological polar surface area (TPSA) is 134 Å². The molecule has 21 heavy (non-hydrogen) atoms. The zero-order valence-corrected chi connectivity index (χ0v) is 12.3. The maximum atomic E-state index is 12.6. The van der Waals surface area contributed by atoms with Gasteiger partial charge in [-0.15, -0.1) is 0 Å². The fourth-order valence-electron chi connectivity index (χ4n) is 2.42. The van der Waals surface area contributed by atoms with Crippen LogP contribution in [0.2, 0.25) is 0 Å². The molecular formula is C12H17N3O5S. The van der Waals surface area contributed by atoms with Crippen LogP contribution in [0, 0.1) is 5.92 Å². The standard InChI is InChI=1S/C12H17N3O5S/c1-7-2-3-8(11(13)16)6-15(7)21(19,20)9-4-10(12(17)18)14-5-9/h4-5,7-8,14H,2-3,6H2,1H3,(H2,13,16)(H,17,18). The van der Waals surface area contributed by atoms with E-state index in [-0.39, 0.29) is 23.2 Å². The normalized spacial score (nSPS) is 23.9. The highest BCUT2D eigenvalue weighted by Crippen LogP contribution is 2.28. The lowest BCUT2D eigenvalue weighted by Gasteiger charge is -2.35. The van der Waals surface area contributed by atoms with Gasteiger partial charge in [-0.1, -0.05) is 0 Å². The quantitative estimate of drug-likeness (QED) is 0.718. The minimum absolute atomic E-state index is 0.0203. The second-order valence-corrected chi connectivity index (χ2v) is 7.05. The third kappa shape index (κ3) is 2.93. The van der Waals surface area contributed by atoms with Crippen molar-refractivity contribution in [2.24, 2.45) is 11.7 Å². The van der Waals surface area contributed by atoms with E-state index in [1.165, 1.54) is 4.31 Å². The summed E-state index contributed by atoms with van der Waals surface area (Å²) in [5.41, 5.74) is 5.05. The van der Waals surface area contributed by atoms with Crippen LogP contribution >= 0.6 is 0 Å². The van der Waals surface area contributed by atoms with Crippen molar-refractivity contribution in [3.8, 4) is 0 Å². The first kappa shape index (κ1) is 15.5. The molecule has 1 aromatic rings. The van der Waals surface area contributed by atoms with E-state index in [0.29, 0.717) is 12.8 Å². The zero-order chi connectivity index (χ0) is 15.8. The molecule has 2 atom stereocenters. The number of aromatic carboxylic acids is 1. The number of nitrogens with one attached hydrogen (secondary N) is 1. The summed E-state index contributed by atoms with van der Waals surface area (Å²) in [5, 5.41) is 8.84. The third-order valence-corrected chi connectivity index (χ3v) is 5.68. The second kappa shape index (κ2) is 5.49. The summed E-state index contributed by atoms with van der Waals surface area (Å²) in [6.45, 7) is 1.77. The molecule has 1 fully saturated rings. The number of piperidine rings is 1. The van der Waals surface area contributed by atoms with E-state index in [0.717, 1.165) is 12.3 Å². The van der Waals surface area contributed by atoms with Gasteiger partial charge >= 0.3 is 5.97 Å². The zero-order valence-electron chi connectivity index (χ0n) is 11.4. The van der Waals surface area contributed by atoms with E-state index in [9.17, 15) is 18.0 Å². The molecule has 2 unspecified atom stereocenters. The number of carbonyl (C=O) groups excluding carboxylic acids is 1. The summed E-state index contributed by atoms with van der Waals surface area (Å²) >= 11 is 0. The first-order chi connectivity index (χ1) is 9.73. The maximum Gasteiger partial charge on any atom is 0.352 e. The van der Waals surface area contributed by atoms with Crippen molar-refractivity contribution in [1.82, 2.24) is 9.29 Å². The number of carboxylic acids is 1. The number of carbonyl (C=O) groups is 2. The lowest BCUT2D eigenvalue weighted by Crippen LogP contribution is -2.48. The molecule has 0 aliphatic carbocycles. The Hall–Kier alpha value is -1.87. The molecule has 0 bridgehead atoms. The summed E-state index contributed by atoms with van der Waals surface area (Å²) in [7, 11) is -3.86. The van der Waals surface area contributed by atoms with Crippen molar-refractivity contribution < 1.29 is 23.1 Å². The second-order valence-electron chi connectivity index (χ2n) is 5.15. The van der Waals surface area contributed by atoms with Crippen LogP contribution in [0.3, 0.4) is 0 Å². The van der Waals surface area contributed by atoms with Crippen LogP contribution in [0.5, 0.6) is 0 Å². The van der Waals surface area contributed by atoms with Gasteiger partial charge in [-0.3, -0.25) is 4.79 Å². The van der Waals surface area contributed by atoms with Gasteiger partial charge in [-0.05, 0) is 25.8 Å². The van der Waals surface area contributed by atoms with Crippen LogP contribution in [0.4, 0.5) is 0 Å². The molecule has 0 aromatic carbocycles. The molecule has 1 aliphatic heterocycles. The van der Waals surface area contributed by atoms with Crippen LogP contribution in [0.15, 0.2) is 17.2 Å². The Labute approximate surface area is 122 Å². The van der Waals surface area contributed by atoms with E-state index < -0.39 is 27.8 Å². The molecule has 9 heteroatoms. The van der Waals surface area contributed by atoms with Crippen molar-refractivity contribution in [3.05, 3.63) is 18.0 Å². The van der Waals surface area contributed by atoms with E-state index in [4.69, 9.17) is 10.8 Å². The molecule has 0 saturated carbocycles. The number of sulfonamides is 1. The molecule has 1 aliphatic rings. The fourth-order valence-corrected chi connectivity index (χ4v) is 4.13. The monoisotopic (exact) mass is 315 g/mol. The highest BCUT2D eigenvalue weighted by atomic mass is 32.2. The van der Waals surface area contributed by atoms with E-state index in [1.54, 1.807) is 6.92 Å². The van der Waals surface area contributed by atoms with E-state index in [2.05, 4.69) is 4.98 Å². The van der Waals surface area contributed by atoms with Gasteiger partial charge in [-0.25, -0.2) is 13.2 Å². The minimum atomic E-state index is -3.86. The fraction of sp³-hybridized carbons (Fsp3) is 0.500. The number of carboxylic acid groups (broad SMARTS) is 1. The number of amides is 1. The van der Waals surface area contributed by atoms with Gasteiger partial charge in [0.05, 0.1) is 5.92 Å². The summed E-state index contributed by atoms with van der Waals surface area (Å²) in [6, 6.07) is 0.798. The lowest BCUT2D eigenvalue weighted by molar-refractivity contribution is -0.123. The number of H-pyrrole nitrogens is 1. The summed E-state index contributed by atoms with van der Waals surface area (Å²) in [5.74, 6) is -2.28. The van der Waals surface area contributed by atoms with Gasteiger partial charge in [-0.2, -0.15) is 4.31 Å². The van der Waals surface area contributed by atoms with Crippen LogP contribution in [0.25, 0.3) is 0 Å². The molecule has 0 radical (unpaired) electrons. The number of nitrogens with zero attached hydrogens (tertiary/aromatic N) is 1. The molecule has 2 heterocycles. The molecule has 1 aromatic heterocycles. The van der Waals surface area contributed by atoms with Crippen LogP contribution in [-0.4, -0.2) is 47.3 Å². The summed E-state index contributed by atoms with van der Waals surface area (Å²) in [6.07, 6.45) is 2.22. The number of nitrogens with two attached hydrogens (primary N) is 1. The molecule has 4 N–H and O–H groups in total.